The molecule has 0 saturated carbocycles. The van der Waals surface area contributed by atoms with E-state index in [2.05, 4.69) is 15.3 Å². The van der Waals surface area contributed by atoms with Crippen molar-refractivity contribution in [3.63, 3.8) is 0 Å². The average Bonchev–Trinajstić information content (AvgIpc) is 3.11. The number of thiazole rings is 2. The smallest absolute Gasteiger partial charge is 0.232 e. The van der Waals surface area contributed by atoms with E-state index in [0.29, 0.717) is 10.8 Å². The lowest BCUT2D eigenvalue weighted by molar-refractivity contribution is -0.116. The zero-order valence-electron chi connectivity index (χ0n) is 12.1. The topological polar surface area (TPSA) is 102 Å². The van der Waals surface area contributed by atoms with Crippen LogP contribution in [0.5, 0.6) is 0 Å². The van der Waals surface area contributed by atoms with Gasteiger partial charge in [-0.25, -0.2) is 9.97 Å². The van der Waals surface area contributed by atoms with E-state index >= 15 is 0 Å². The van der Waals surface area contributed by atoms with E-state index in [1.807, 2.05) is 29.1 Å². The highest BCUT2D eigenvalue weighted by Crippen LogP contribution is 2.31. The van der Waals surface area contributed by atoms with Crippen molar-refractivity contribution in [3.05, 3.63) is 29.2 Å². The summed E-state index contributed by atoms with van der Waals surface area (Å²) in [6.45, 7) is 1.83. The van der Waals surface area contributed by atoms with Gasteiger partial charge in [-0.15, -0.1) is 23.1 Å². The van der Waals surface area contributed by atoms with Gasteiger partial charge in [-0.05, 0) is 6.92 Å². The van der Waals surface area contributed by atoms with Crippen molar-refractivity contribution >= 4 is 56.3 Å². The Hall–Kier alpha value is -1.91. The third-order valence-electron chi connectivity index (χ3n) is 2.83. The molecule has 120 valence electrons. The van der Waals surface area contributed by atoms with Crippen molar-refractivity contribution in [2.45, 2.75) is 17.6 Å². The molecule has 0 aliphatic carbocycles. The molecule has 0 radical (unpaired) electrons. The second-order valence-electron chi connectivity index (χ2n) is 4.70. The number of hydrogen-bond donors (Lipinski definition) is 2. The van der Waals surface area contributed by atoms with Crippen molar-refractivity contribution in [2.75, 3.05) is 11.1 Å². The highest BCUT2D eigenvalue weighted by molar-refractivity contribution is 8.01. The van der Waals surface area contributed by atoms with Gasteiger partial charge in [0.05, 0.1) is 27.8 Å². The summed E-state index contributed by atoms with van der Waals surface area (Å²) in [5.74, 6) is -0.356. The number of nitrogens with one attached hydrogen (secondary N) is 1. The van der Waals surface area contributed by atoms with Gasteiger partial charge >= 0.3 is 0 Å². The minimum absolute atomic E-state index is 0.170. The summed E-state index contributed by atoms with van der Waals surface area (Å²) in [4.78, 5) is 32.5. The quantitative estimate of drug-likeness (QED) is 0.648. The number of aryl methyl sites for hydroxylation is 1. The molecule has 3 aromatic rings. The van der Waals surface area contributed by atoms with Gasteiger partial charge in [-0.3, -0.25) is 14.0 Å². The second kappa shape index (κ2) is 6.69. The zero-order valence-corrected chi connectivity index (χ0v) is 14.6. The van der Waals surface area contributed by atoms with Gasteiger partial charge < -0.3 is 11.1 Å². The second-order valence-corrected chi connectivity index (χ2v) is 7.81. The van der Waals surface area contributed by atoms with E-state index in [-0.39, 0.29) is 24.0 Å². The molecule has 23 heavy (non-hydrogen) atoms. The summed E-state index contributed by atoms with van der Waals surface area (Å²) in [5, 5.41) is 5.22. The SMILES string of the molecule is Cc1nc(NC(=O)Cc2cn3ccsc3n2)sc1SCC(N)=O. The number of carbonyl (C=O) groups excluding carboxylic acids is 2. The van der Waals surface area contributed by atoms with Crippen LogP contribution in [0.1, 0.15) is 11.4 Å². The molecule has 0 aliphatic heterocycles. The zero-order chi connectivity index (χ0) is 16.4. The Morgan fingerprint density at radius 3 is 3.00 bits per heavy atom. The van der Waals surface area contributed by atoms with Crippen molar-refractivity contribution in [2.24, 2.45) is 5.73 Å². The van der Waals surface area contributed by atoms with E-state index in [0.717, 1.165) is 14.9 Å². The third kappa shape index (κ3) is 3.89. The lowest BCUT2D eigenvalue weighted by Gasteiger charge is -1.98. The van der Waals surface area contributed by atoms with Gasteiger partial charge in [-0.2, -0.15) is 0 Å². The molecule has 0 bridgehead atoms. The summed E-state index contributed by atoms with van der Waals surface area (Å²) in [6.07, 6.45) is 3.93. The van der Waals surface area contributed by atoms with Crippen LogP contribution in [0.15, 0.2) is 22.0 Å². The van der Waals surface area contributed by atoms with Gasteiger partial charge in [0, 0.05) is 17.8 Å². The van der Waals surface area contributed by atoms with Crippen LogP contribution in [0.2, 0.25) is 0 Å². The predicted molar refractivity (Wildman–Crippen MR) is 92.2 cm³/mol. The number of hydrogen-bond acceptors (Lipinski definition) is 7. The number of anilines is 1. The number of amides is 2. The number of rotatable bonds is 6. The Labute approximate surface area is 143 Å². The lowest BCUT2D eigenvalue weighted by atomic mass is 10.3. The normalized spacial score (nSPS) is 11.0. The summed E-state index contributed by atoms with van der Waals surface area (Å²) in [5.41, 5.74) is 6.62. The van der Waals surface area contributed by atoms with Crippen LogP contribution >= 0.6 is 34.4 Å². The van der Waals surface area contributed by atoms with E-state index < -0.39 is 0 Å². The van der Waals surface area contributed by atoms with Crippen molar-refractivity contribution in [1.82, 2.24) is 14.4 Å². The van der Waals surface area contributed by atoms with Crippen LogP contribution in [0.25, 0.3) is 4.96 Å². The van der Waals surface area contributed by atoms with Crippen molar-refractivity contribution < 1.29 is 9.59 Å². The monoisotopic (exact) mass is 367 g/mol. The van der Waals surface area contributed by atoms with Crippen LogP contribution in [0.3, 0.4) is 0 Å². The first-order chi connectivity index (χ1) is 11.0. The number of primary amides is 1. The maximum Gasteiger partial charge on any atom is 0.232 e. The first-order valence-corrected chi connectivity index (χ1v) is 9.29. The highest BCUT2D eigenvalue weighted by Gasteiger charge is 2.13. The number of nitrogens with zero attached hydrogens (tertiary/aromatic N) is 3. The summed E-state index contributed by atoms with van der Waals surface area (Å²) in [6, 6.07) is 0. The fourth-order valence-electron chi connectivity index (χ4n) is 1.90. The molecule has 0 aliphatic rings. The molecule has 3 N–H and O–H groups in total. The number of fused-ring (bicyclic) bond motifs is 1. The van der Waals surface area contributed by atoms with Crippen LogP contribution in [0, 0.1) is 6.92 Å². The van der Waals surface area contributed by atoms with Gasteiger partial charge in [0.15, 0.2) is 10.1 Å². The van der Waals surface area contributed by atoms with Crippen LogP contribution < -0.4 is 11.1 Å². The molecule has 7 nitrogen and oxygen atoms in total. The third-order valence-corrected chi connectivity index (χ3v) is 6.06. The molecule has 0 aromatic carbocycles. The molecule has 0 atom stereocenters. The Kier molecular flexibility index (Phi) is 4.64. The van der Waals surface area contributed by atoms with Gasteiger partial charge in [0.2, 0.25) is 11.8 Å². The fraction of sp³-hybridized carbons (Fsp3) is 0.231. The lowest BCUT2D eigenvalue weighted by Crippen LogP contribution is -2.14. The number of imidazole rings is 1. The van der Waals surface area contributed by atoms with Crippen LogP contribution in [0.4, 0.5) is 5.13 Å². The maximum absolute atomic E-state index is 12.1. The molecule has 0 unspecified atom stereocenters. The molecule has 10 heteroatoms. The molecule has 3 heterocycles. The fourth-order valence-corrected chi connectivity index (χ4v) is 4.51. The molecule has 3 rings (SSSR count). The maximum atomic E-state index is 12.1. The molecular formula is C13H13N5O2S3. The minimum atomic E-state index is -0.381. The first kappa shape index (κ1) is 16.0. The van der Waals surface area contributed by atoms with Gasteiger partial charge in [0.1, 0.15) is 0 Å². The molecule has 3 aromatic heterocycles. The molecule has 0 spiro atoms. The average molecular weight is 367 g/mol. The Morgan fingerprint density at radius 2 is 2.26 bits per heavy atom. The van der Waals surface area contributed by atoms with Crippen LogP contribution in [-0.4, -0.2) is 31.9 Å². The van der Waals surface area contributed by atoms with E-state index in [4.69, 9.17) is 5.73 Å². The summed E-state index contributed by atoms with van der Waals surface area (Å²) in [7, 11) is 0. The van der Waals surface area contributed by atoms with E-state index in [1.54, 1.807) is 0 Å². The molecule has 0 saturated heterocycles. The Morgan fingerprint density at radius 1 is 1.43 bits per heavy atom. The number of aromatic nitrogens is 3. The van der Waals surface area contributed by atoms with Gasteiger partial charge in [0.25, 0.3) is 0 Å². The van der Waals surface area contributed by atoms with Crippen molar-refractivity contribution in [1.29, 1.82) is 0 Å². The standard InChI is InChI=1S/C13H13N5O2S3/c1-7-11(22-6-9(14)19)23-12(15-7)17-10(20)4-8-5-18-2-3-21-13(18)16-8/h2-3,5H,4,6H2,1H3,(H2,14,19)(H,15,17,20). The largest absolute Gasteiger partial charge is 0.369 e. The highest BCUT2D eigenvalue weighted by atomic mass is 32.2. The Bertz CT molecular complexity index is 838. The first-order valence-electron chi connectivity index (χ1n) is 6.60. The van der Waals surface area contributed by atoms with Gasteiger partial charge in [-0.1, -0.05) is 11.3 Å². The predicted octanol–water partition coefficient (Wildman–Crippen LogP) is 1.92. The minimum Gasteiger partial charge on any atom is -0.369 e. The number of carbonyl (C=O) groups is 2. The summed E-state index contributed by atoms with van der Waals surface area (Å²) >= 11 is 4.18. The molecule has 2 amide bonds. The number of nitrogens with two attached hydrogens (primary N) is 1. The van der Waals surface area contributed by atoms with E-state index in [1.165, 1.54) is 34.4 Å². The van der Waals surface area contributed by atoms with Crippen LogP contribution in [-0.2, 0) is 16.0 Å². The Balaban J connectivity index is 1.62. The summed E-state index contributed by atoms with van der Waals surface area (Å²) < 4.78 is 2.76. The number of thioether (sulfide) groups is 1. The van der Waals surface area contributed by atoms with E-state index in [9.17, 15) is 9.59 Å². The molecular weight excluding hydrogens is 354 g/mol. The molecule has 0 fully saturated rings. The van der Waals surface area contributed by atoms with Crippen molar-refractivity contribution in [3.8, 4) is 0 Å².